The Morgan fingerprint density at radius 2 is 1.79 bits per heavy atom. The summed E-state index contributed by atoms with van der Waals surface area (Å²) in [4.78, 5) is 27.0. The largest absolute Gasteiger partial charge is 0.453 e. The molecule has 0 spiro atoms. The Kier molecular flexibility index (Phi) is 4.27. The molecule has 0 N–H and O–H groups in total. The maximum Gasteiger partial charge on any atom is 0.399 e. The first kappa shape index (κ1) is 12.6. The monoisotopic (exact) mass is 200 g/mol. The molecular formula is C9H16N2O3. The lowest BCUT2D eigenvalue weighted by Gasteiger charge is -2.17. The van der Waals surface area contributed by atoms with Gasteiger partial charge in [-0.1, -0.05) is 0 Å². The van der Waals surface area contributed by atoms with E-state index in [1.54, 1.807) is 39.8 Å². The second kappa shape index (κ2) is 4.74. The van der Waals surface area contributed by atoms with Crippen LogP contribution in [0.15, 0.2) is 4.99 Å². The first-order valence-electron chi connectivity index (χ1n) is 4.20. The highest BCUT2D eigenvalue weighted by Crippen LogP contribution is 2.06. The fourth-order valence-electron chi connectivity index (χ4n) is 0.542. The maximum atomic E-state index is 11.1. The van der Waals surface area contributed by atoms with Crippen molar-refractivity contribution in [3.05, 3.63) is 0 Å². The number of carbonyl (C=O) groups is 2. The fourth-order valence-corrected chi connectivity index (χ4v) is 0.542. The Bertz CT molecular complexity index is 251. The summed E-state index contributed by atoms with van der Waals surface area (Å²) in [6, 6.07) is 0. The molecule has 0 aliphatic heterocycles. The number of rotatable bonds is 1. The minimum Gasteiger partial charge on any atom is -0.453 e. The lowest BCUT2D eigenvalue weighted by atomic mass is 10.2. The molecule has 0 aromatic carbocycles. The van der Waals surface area contributed by atoms with Crippen LogP contribution in [0.4, 0.5) is 0 Å². The van der Waals surface area contributed by atoms with Gasteiger partial charge in [0.1, 0.15) is 5.60 Å². The quantitative estimate of drug-likeness (QED) is 0.267. The molecule has 0 aromatic rings. The normalized spacial score (nSPS) is 11.5. The van der Waals surface area contributed by atoms with Crippen molar-refractivity contribution in [3.63, 3.8) is 0 Å². The van der Waals surface area contributed by atoms with Gasteiger partial charge in [0, 0.05) is 14.1 Å². The zero-order valence-corrected chi connectivity index (χ0v) is 9.20. The van der Waals surface area contributed by atoms with Crippen LogP contribution in [-0.4, -0.2) is 42.8 Å². The van der Waals surface area contributed by atoms with Gasteiger partial charge in [0.2, 0.25) is 0 Å². The average Bonchev–Trinajstić information content (AvgIpc) is 1.96. The molecule has 0 saturated carbocycles. The number of esters is 1. The fraction of sp³-hybridized carbons (Fsp3) is 0.667. The van der Waals surface area contributed by atoms with Crippen LogP contribution in [0.1, 0.15) is 20.8 Å². The SMILES string of the molecule is CN(C)C=NC(=O)C(=O)OC(C)(C)C. The molecule has 0 unspecified atom stereocenters. The molecule has 0 saturated heterocycles. The van der Waals surface area contributed by atoms with Crippen molar-refractivity contribution in [2.75, 3.05) is 14.1 Å². The number of ether oxygens (including phenoxy) is 1. The van der Waals surface area contributed by atoms with Gasteiger partial charge in [0.25, 0.3) is 0 Å². The van der Waals surface area contributed by atoms with E-state index in [0.29, 0.717) is 0 Å². The zero-order valence-electron chi connectivity index (χ0n) is 9.20. The van der Waals surface area contributed by atoms with E-state index in [9.17, 15) is 9.59 Å². The van der Waals surface area contributed by atoms with Crippen LogP contribution in [0.2, 0.25) is 0 Å². The van der Waals surface area contributed by atoms with Crippen LogP contribution < -0.4 is 0 Å². The van der Waals surface area contributed by atoms with Crippen molar-refractivity contribution in [2.24, 2.45) is 4.99 Å². The van der Waals surface area contributed by atoms with Crippen LogP contribution in [0.25, 0.3) is 0 Å². The zero-order chi connectivity index (χ0) is 11.4. The Hall–Kier alpha value is -1.39. The van der Waals surface area contributed by atoms with E-state index in [0.717, 1.165) is 0 Å². The van der Waals surface area contributed by atoms with Crippen molar-refractivity contribution in [1.29, 1.82) is 0 Å². The maximum absolute atomic E-state index is 11.1. The molecule has 0 radical (unpaired) electrons. The third-order valence-corrected chi connectivity index (χ3v) is 0.979. The van der Waals surface area contributed by atoms with Crippen LogP contribution in [0, 0.1) is 0 Å². The summed E-state index contributed by atoms with van der Waals surface area (Å²) in [5.41, 5.74) is -0.666. The van der Waals surface area contributed by atoms with E-state index >= 15 is 0 Å². The third-order valence-electron chi connectivity index (χ3n) is 0.979. The van der Waals surface area contributed by atoms with Gasteiger partial charge < -0.3 is 9.64 Å². The molecule has 0 aliphatic rings. The van der Waals surface area contributed by atoms with Gasteiger partial charge in [0.15, 0.2) is 0 Å². The number of hydrogen-bond acceptors (Lipinski definition) is 3. The highest BCUT2D eigenvalue weighted by Gasteiger charge is 2.21. The smallest absolute Gasteiger partial charge is 0.399 e. The summed E-state index contributed by atoms with van der Waals surface area (Å²) in [5.74, 6) is -1.83. The number of nitrogens with zero attached hydrogens (tertiary/aromatic N) is 2. The van der Waals surface area contributed by atoms with Gasteiger partial charge in [-0.2, -0.15) is 4.99 Å². The van der Waals surface area contributed by atoms with Crippen LogP contribution >= 0.6 is 0 Å². The second-order valence-corrected chi connectivity index (χ2v) is 4.02. The summed E-state index contributed by atoms with van der Waals surface area (Å²) in [6.07, 6.45) is 1.26. The molecule has 0 atom stereocenters. The predicted octanol–water partition coefficient (Wildman–Crippen LogP) is 0.445. The number of hydrogen-bond donors (Lipinski definition) is 0. The molecule has 5 heteroatoms. The minimum atomic E-state index is -0.935. The van der Waals surface area contributed by atoms with Crippen molar-refractivity contribution in [2.45, 2.75) is 26.4 Å². The van der Waals surface area contributed by atoms with E-state index in [4.69, 9.17) is 4.74 Å². The van der Waals surface area contributed by atoms with Gasteiger partial charge in [0.05, 0.1) is 6.34 Å². The van der Waals surface area contributed by atoms with Gasteiger partial charge in [-0.25, -0.2) is 4.79 Å². The summed E-state index contributed by atoms with van der Waals surface area (Å²) in [7, 11) is 3.40. The molecule has 1 amide bonds. The molecule has 0 aromatic heterocycles. The second-order valence-electron chi connectivity index (χ2n) is 4.02. The summed E-state index contributed by atoms with van der Waals surface area (Å²) in [5, 5.41) is 0. The van der Waals surface area contributed by atoms with Gasteiger partial charge in [-0.05, 0) is 20.8 Å². The number of aliphatic imine (C=N–C) groups is 1. The molecule has 0 rings (SSSR count). The lowest BCUT2D eigenvalue weighted by Crippen LogP contribution is -2.28. The first-order valence-corrected chi connectivity index (χ1v) is 4.20. The predicted molar refractivity (Wildman–Crippen MR) is 53.0 cm³/mol. The molecule has 80 valence electrons. The Labute approximate surface area is 83.8 Å². The minimum absolute atomic E-state index is 0.666. The highest BCUT2D eigenvalue weighted by atomic mass is 16.6. The Morgan fingerprint density at radius 3 is 2.14 bits per heavy atom. The molecule has 0 bridgehead atoms. The standard InChI is InChI=1S/C9H16N2O3/c1-9(2,3)14-8(13)7(12)10-6-11(4)5/h6H,1-5H3. The van der Waals surface area contributed by atoms with E-state index in [2.05, 4.69) is 4.99 Å². The van der Waals surface area contributed by atoms with Crippen LogP contribution in [0.5, 0.6) is 0 Å². The Balaban J connectivity index is 4.22. The van der Waals surface area contributed by atoms with E-state index in [1.165, 1.54) is 6.34 Å². The van der Waals surface area contributed by atoms with Crippen molar-refractivity contribution in [1.82, 2.24) is 4.90 Å². The summed E-state index contributed by atoms with van der Waals surface area (Å²) < 4.78 is 4.81. The third kappa shape index (κ3) is 6.16. The Morgan fingerprint density at radius 1 is 1.29 bits per heavy atom. The molecule has 5 nitrogen and oxygen atoms in total. The van der Waals surface area contributed by atoms with E-state index in [-0.39, 0.29) is 0 Å². The lowest BCUT2D eigenvalue weighted by molar-refractivity contribution is -0.161. The summed E-state index contributed by atoms with van der Waals surface area (Å²) in [6.45, 7) is 5.07. The number of carbonyl (C=O) groups excluding carboxylic acids is 2. The van der Waals surface area contributed by atoms with E-state index < -0.39 is 17.5 Å². The van der Waals surface area contributed by atoms with Gasteiger partial charge in [-0.3, -0.25) is 4.79 Å². The molecule has 0 aliphatic carbocycles. The summed E-state index contributed by atoms with van der Waals surface area (Å²) >= 11 is 0. The van der Waals surface area contributed by atoms with Crippen LogP contribution in [-0.2, 0) is 14.3 Å². The van der Waals surface area contributed by atoms with E-state index in [1.807, 2.05) is 0 Å². The van der Waals surface area contributed by atoms with Gasteiger partial charge >= 0.3 is 11.9 Å². The van der Waals surface area contributed by atoms with Crippen molar-refractivity contribution < 1.29 is 14.3 Å². The topological polar surface area (TPSA) is 59.0 Å². The first-order chi connectivity index (χ1) is 6.22. The van der Waals surface area contributed by atoms with Crippen molar-refractivity contribution in [3.8, 4) is 0 Å². The molecular weight excluding hydrogens is 184 g/mol. The number of amides is 1. The van der Waals surface area contributed by atoms with Crippen LogP contribution in [0.3, 0.4) is 0 Å². The van der Waals surface area contributed by atoms with Gasteiger partial charge in [-0.15, -0.1) is 0 Å². The molecule has 0 fully saturated rings. The molecule has 0 heterocycles. The van der Waals surface area contributed by atoms with Crippen molar-refractivity contribution >= 4 is 18.2 Å². The highest BCUT2D eigenvalue weighted by molar-refractivity contribution is 6.34. The average molecular weight is 200 g/mol. The molecule has 14 heavy (non-hydrogen) atoms.